The zero-order valence-electron chi connectivity index (χ0n) is 17.2. The maximum atomic E-state index is 12.4. The predicted molar refractivity (Wildman–Crippen MR) is 116 cm³/mol. The van der Waals surface area contributed by atoms with E-state index < -0.39 is 24.0 Å². The zero-order valence-corrected chi connectivity index (χ0v) is 17.2. The van der Waals surface area contributed by atoms with Gasteiger partial charge in [-0.25, -0.2) is 4.79 Å². The van der Waals surface area contributed by atoms with E-state index in [4.69, 9.17) is 9.47 Å². The molecule has 6 nitrogen and oxygen atoms in total. The molecule has 6 heteroatoms. The third-order valence-electron chi connectivity index (χ3n) is 4.78. The lowest BCUT2D eigenvalue weighted by molar-refractivity contribution is -0.146. The van der Waals surface area contributed by atoms with Gasteiger partial charge in [0, 0.05) is 6.42 Å². The first kappa shape index (κ1) is 22.1. The lowest BCUT2D eigenvalue weighted by Crippen LogP contribution is -2.45. The molecule has 0 aliphatic carbocycles. The summed E-state index contributed by atoms with van der Waals surface area (Å²) in [5.41, 5.74) is 2.33. The fourth-order valence-electron chi connectivity index (χ4n) is 3.07. The Morgan fingerprint density at radius 2 is 1.48 bits per heavy atom. The molecule has 3 aromatic carbocycles. The van der Waals surface area contributed by atoms with E-state index >= 15 is 0 Å². The van der Waals surface area contributed by atoms with Crippen LogP contribution in [0.5, 0.6) is 5.75 Å². The summed E-state index contributed by atoms with van der Waals surface area (Å²) in [4.78, 5) is 24.6. The van der Waals surface area contributed by atoms with Gasteiger partial charge in [-0.15, -0.1) is 0 Å². The van der Waals surface area contributed by atoms with E-state index in [0.717, 1.165) is 11.1 Å². The van der Waals surface area contributed by atoms with E-state index in [-0.39, 0.29) is 6.42 Å². The second-order valence-corrected chi connectivity index (χ2v) is 7.02. The zero-order chi connectivity index (χ0) is 22.1. The monoisotopic (exact) mass is 419 g/mol. The van der Waals surface area contributed by atoms with Gasteiger partial charge in [-0.2, -0.15) is 0 Å². The first-order valence-corrected chi connectivity index (χ1v) is 9.93. The van der Waals surface area contributed by atoms with Crippen molar-refractivity contribution in [3.05, 3.63) is 102 Å². The number of ether oxygens (including phenoxy) is 2. The van der Waals surface area contributed by atoms with Crippen molar-refractivity contribution in [2.75, 3.05) is 7.11 Å². The van der Waals surface area contributed by atoms with Crippen LogP contribution in [0, 0.1) is 0 Å². The quantitative estimate of drug-likeness (QED) is 0.521. The minimum Gasteiger partial charge on any atom is -0.489 e. The van der Waals surface area contributed by atoms with Crippen LogP contribution in [-0.2, 0) is 27.4 Å². The van der Waals surface area contributed by atoms with Crippen molar-refractivity contribution in [3.8, 4) is 5.75 Å². The number of methoxy groups -OCH3 is 1. The number of hydrogen-bond donors (Lipinski definition) is 2. The highest BCUT2D eigenvalue weighted by molar-refractivity contribution is 5.87. The number of aliphatic hydroxyl groups excluding tert-OH is 1. The van der Waals surface area contributed by atoms with Crippen molar-refractivity contribution in [1.29, 1.82) is 0 Å². The van der Waals surface area contributed by atoms with Gasteiger partial charge in [0.05, 0.1) is 7.11 Å². The van der Waals surface area contributed by atoms with E-state index in [9.17, 15) is 14.7 Å². The van der Waals surface area contributed by atoms with Crippen LogP contribution in [0.4, 0.5) is 0 Å². The van der Waals surface area contributed by atoms with E-state index in [1.165, 1.54) is 7.11 Å². The van der Waals surface area contributed by atoms with Gasteiger partial charge in [-0.05, 0) is 28.8 Å². The van der Waals surface area contributed by atoms with Gasteiger partial charge >= 0.3 is 5.97 Å². The lowest BCUT2D eigenvalue weighted by atomic mass is 10.0. The number of amides is 1. The molecule has 0 saturated carbocycles. The average Bonchev–Trinajstić information content (AvgIpc) is 2.83. The van der Waals surface area contributed by atoms with E-state index in [0.29, 0.717) is 17.9 Å². The molecule has 1 amide bonds. The van der Waals surface area contributed by atoms with Gasteiger partial charge in [0.25, 0.3) is 5.91 Å². The first-order chi connectivity index (χ1) is 15.1. The fourth-order valence-corrected chi connectivity index (χ4v) is 3.07. The van der Waals surface area contributed by atoms with Crippen LogP contribution in [-0.4, -0.2) is 30.1 Å². The largest absolute Gasteiger partial charge is 0.489 e. The molecule has 0 aromatic heterocycles. The number of carbonyl (C=O) groups excluding carboxylic acids is 2. The molecule has 0 bridgehead atoms. The van der Waals surface area contributed by atoms with Crippen LogP contribution < -0.4 is 10.1 Å². The molecular formula is C25H25NO5. The predicted octanol–water partition coefficient (Wildman–Crippen LogP) is 3.20. The number of carbonyl (C=O) groups is 2. The summed E-state index contributed by atoms with van der Waals surface area (Å²) >= 11 is 0. The molecule has 2 atom stereocenters. The Morgan fingerprint density at radius 1 is 0.871 bits per heavy atom. The van der Waals surface area contributed by atoms with E-state index in [2.05, 4.69) is 5.32 Å². The van der Waals surface area contributed by atoms with Crippen molar-refractivity contribution in [2.45, 2.75) is 25.2 Å². The topological polar surface area (TPSA) is 84.9 Å². The fraction of sp³-hybridized carbons (Fsp3) is 0.200. The molecule has 0 aliphatic heterocycles. The number of benzene rings is 3. The highest BCUT2D eigenvalue weighted by atomic mass is 16.5. The van der Waals surface area contributed by atoms with Crippen molar-refractivity contribution in [3.63, 3.8) is 0 Å². The standard InChI is InChI=1S/C25H25NO5/c1-30-25(29)22(26-24(28)23(27)20-10-6-3-7-11-20)16-18-12-14-21(15-13-18)31-17-19-8-4-2-5-9-19/h2-15,22-23,27H,16-17H2,1H3,(H,26,28)/t22-,23-/m0/s1. The molecule has 3 aromatic rings. The first-order valence-electron chi connectivity index (χ1n) is 9.93. The molecule has 0 saturated heterocycles. The number of aliphatic hydroxyl groups is 1. The summed E-state index contributed by atoms with van der Waals surface area (Å²) in [6.45, 7) is 0.457. The Labute approximate surface area is 181 Å². The SMILES string of the molecule is COC(=O)[C@H](Cc1ccc(OCc2ccccc2)cc1)NC(=O)[C@@H](O)c1ccccc1. The molecule has 0 fully saturated rings. The Morgan fingerprint density at radius 3 is 2.10 bits per heavy atom. The number of nitrogens with one attached hydrogen (secondary N) is 1. The third-order valence-corrected chi connectivity index (χ3v) is 4.78. The van der Waals surface area contributed by atoms with E-state index in [1.807, 2.05) is 54.6 Å². The minimum atomic E-state index is -1.37. The summed E-state index contributed by atoms with van der Waals surface area (Å²) in [6, 6.07) is 24.7. The lowest BCUT2D eigenvalue weighted by Gasteiger charge is -2.19. The molecule has 2 N–H and O–H groups in total. The summed E-state index contributed by atoms with van der Waals surface area (Å²) in [6.07, 6.45) is -1.15. The molecular weight excluding hydrogens is 394 g/mol. The summed E-state index contributed by atoms with van der Waals surface area (Å²) in [5, 5.41) is 12.8. The van der Waals surface area contributed by atoms with Gasteiger partial charge in [0.15, 0.2) is 6.10 Å². The maximum absolute atomic E-state index is 12.4. The van der Waals surface area contributed by atoms with Crippen molar-refractivity contribution in [1.82, 2.24) is 5.32 Å². The highest BCUT2D eigenvalue weighted by Gasteiger charge is 2.26. The van der Waals surface area contributed by atoms with Crippen molar-refractivity contribution >= 4 is 11.9 Å². The Balaban J connectivity index is 1.61. The van der Waals surface area contributed by atoms with Gasteiger partial charge < -0.3 is 19.9 Å². The van der Waals surface area contributed by atoms with Crippen LogP contribution in [0.2, 0.25) is 0 Å². The maximum Gasteiger partial charge on any atom is 0.328 e. The Kier molecular flexibility index (Phi) is 7.79. The van der Waals surface area contributed by atoms with Gasteiger partial charge in [-0.3, -0.25) is 4.79 Å². The molecule has 0 heterocycles. The van der Waals surface area contributed by atoms with Crippen LogP contribution >= 0.6 is 0 Å². The molecule has 3 rings (SSSR count). The van der Waals surface area contributed by atoms with Crippen molar-refractivity contribution < 1.29 is 24.2 Å². The summed E-state index contributed by atoms with van der Waals surface area (Å²) in [7, 11) is 1.26. The summed E-state index contributed by atoms with van der Waals surface area (Å²) < 4.78 is 10.6. The smallest absolute Gasteiger partial charge is 0.328 e. The third kappa shape index (κ3) is 6.42. The number of rotatable bonds is 9. The van der Waals surface area contributed by atoms with Gasteiger partial charge in [0.2, 0.25) is 0 Å². The molecule has 0 radical (unpaired) electrons. The number of hydrogen-bond acceptors (Lipinski definition) is 5. The van der Waals surface area contributed by atoms with Crippen molar-refractivity contribution in [2.24, 2.45) is 0 Å². The molecule has 160 valence electrons. The molecule has 0 spiro atoms. The normalized spacial score (nSPS) is 12.5. The van der Waals surface area contributed by atoms with Gasteiger partial charge in [0.1, 0.15) is 18.4 Å². The van der Waals surface area contributed by atoms with Crippen LogP contribution in [0.3, 0.4) is 0 Å². The second kappa shape index (κ2) is 10.9. The molecule has 0 aliphatic rings. The molecule has 0 unspecified atom stereocenters. The van der Waals surface area contributed by atoms with Crippen LogP contribution in [0.25, 0.3) is 0 Å². The molecule has 31 heavy (non-hydrogen) atoms. The summed E-state index contributed by atoms with van der Waals surface area (Å²) in [5.74, 6) is -0.548. The minimum absolute atomic E-state index is 0.221. The van der Waals surface area contributed by atoms with Crippen LogP contribution in [0.1, 0.15) is 22.8 Å². The highest BCUT2D eigenvalue weighted by Crippen LogP contribution is 2.17. The Hall–Kier alpha value is -3.64. The van der Waals surface area contributed by atoms with Crippen LogP contribution in [0.15, 0.2) is 84.9 Å². The average molecular weight is 419 g/mol. The number of esters is 1. The van der Waals surface area contributed by atoms with Gasteiger partial charge in [-0.1, -0.05) is 72.8 Å². The second-order valence-electron chi connectivity index (χ2n) is 7.02. The van der Waals surface area contributed by atoms with E-state index in [1.54, 1.807) is 30.3 Å². The Bertz CT molecular complexity index is 974.